The van der Waals surface area contributed by atoms with Gasteiger partial charge >= 0.3 is 0 Å². The standard InChI is InChI=1S/C14H13FN6O2/c1-8(14-18-9(2)20-23-14)17-13(22)12-7-16-21(19-12)11-5-3-10(15)4-6-11/h3-8H,1-2H3,(H,17,22). The summed E-state index contributed by atoms with van der Waals surface area (Å²) >= 11 is 0. The number of nitrogens with zero attached hydrogens (tertiary/aromatic N) is 5. The molecule has 1 unspecified atom stereocenters. The van der Waals surface area contributed by atoms with Crippen LogP contribution in [-0.2, 0) is 0 Å². The third kappa shape index (κ3) is 3.23. The van der Waals surface area contributed by atoms with Crippen LogP contribution >= 0.6 is 0 Å². The molecule has 1 amide bonds. The molecule has 0 saturated heterocycles. The van der Waals surface area contributed by atoms with Crippen molar-refractivity contribution in [1.82, 2.24) is 30.5 Å². The van der Waals surface area contributed by atoms with Gasteiger partial charge in [-0.1, -0.05) is 5.16 Å². The Morgan fingerprint density at radius 3 is 2.74 bits per heavy atom. The molecule has 0 radical (unpaired) electrons. The SMILES string of the molecule is Cc1noc(C(C)NC(=O)c2cnn(-c3ccc(F)cc3)n2)n1. The van der Waals surface area contributed by atoms with E-state index < -0.39 is 11.9 Å². The topological polar surface area (TPSA) is 98.7 Å². The van der Waals surface area contributed by atoms with E-state index >= 15 is 0 Å². The number of carbonyl (C=O) groups excluding carboxylic acids is 1. The fourth-order valence-electron chi connectivity index (χ4n) is 1.89. The first-order chi connectivity index (χ1) is 11.0. The molecule has 0 aliphatic carbocycles. The molecule has 2 aromatic heterocycles. The molecular weight excluding hydrogens is 303 g/mol. The molecule has 1 atom stereocenters. The van der Waals surface area contributed by atoms with Crippen LogP contribution in [0.5, 0.6) is 0 Å². The molecule has 8 nitrogen and oxygen atoms in total. The van der Waals surface area contributed by atoms with E-state index in [1.807, 2.05) is 0 Å². The Balaban J connectivity index is 1.72. The number of benzene rings is 1. The van der Waals surface area contributed by atoms with E-state index in [-0.39, 0.29) is 11.5 Å². The zero-order chi connectivity index (χ0) is 16.4. The second-order valence-electron chi connectivity index (χ2n) is 4.87. The minimum Gasteiger partial charge on any atom is -0.339 e. The maximum absolute atomic E-state index is 12.9. The normalized spacial score (nSPS) is 12.1. The zero-order valence-electron chi connectivity index (χ0n) is 12.4. The lowest BCUT2D eigenvalue weighted by atomic mass is 10.3. The summed E-state index contributed by atoms with van der Waals surface area (Å²) in [5, 5.41) is 14.4. The average Bonchev–Trinajstić information content (AvgIpc) is 3.17. The summed E-state index contributed by atoms with van der Waals surface area (Å²) in [6.45, 7) is 3.41. The first kappa shape index (κ1) is 14.8. The van der Waals surface area contributed by atoms with E-state index in [0.29, 0.717) is 17.4 Å². The number of aromatic nitrogens is 5. The lowest BCUT2D eigenvalue weighted by molar-refractivity contribution is 0.0927. The van der Waals surface area contributed by atoms with E-state index in [0.717, 1.165) is 0 Å². The van der Waals surface area contributed by atoms with E-state index in [9.17, 15) is 9.18 Å². The van der Waals surface area contributed by atoms with Gasteiger partial charge in [0.2, 0.25) is 5.89 Å². The van der Waals surface area contributed by atoms with E-state index in [1.54, 1.807) is 13.8 Å². The molecule has 0 saturated carbocycles. The third-order valence-electron chi connectivity index (χ3n) is 3.04. The molecule has 3 aromatic rings. The molecule has 0 spiro atoms. The monoisotopic (exact) mass is 316 g/mol. The highest BCUT2D eigenvalue weighted by Crippen LogP contribution is 2.11. The van der Waals surface area contributed by atoms with Gasteiger partial charge in [-0.3, -0.25) is 4.79 Å². The van der Waals surface area contributed by atoms with Gasteiger partial charge in [-0.2, -0.15) is 14.9 Å². The van der Waals surface area contributed by atoms with E-state index in [4.69, 9.17) is 4.52 Å². The van der Waals surface area contributed by atoms with Gasteiger partial charge in [-0.05, 0) is 38.1 Å². The Hall–Kier alpha value is -3.10. The maximum Gasteiger partial charge on any atom is 0.274 e. The van der Waals surface area contributed by atoms with Crippen molar-refractivity contribution in [3.05, 3.63) is 53.7 Å². The molecule has 0 aliphatic heterocycles. The van der Waals surface area contributed by atoms with Crippen molar-refractivity contribution in [1.29, 1.82) is 0 Å². The lowest BCUT2D eigenvalue weighted by Gasteiger charge is -2.07. The second-order valence-corrected chi connectivity index (χ2v) is 4.87. The van der Waals surface area contributed by atoms with Crippen molar-refractivity contribution < 1.29 is 13.7 Å². The van der Waals surface area contributed by atoms with Crippen LogP contribution in [0.1, 0.15) is 35.2 Å². The fourth-order valence-corrected chi connectivity index (χ4v) is 1.89. The van der Waals surface area contributed by atoms with Gasteiger partial charge in [-0.15, -0.1) is 5.10 Å². The van der Waals surface area contributed by atoms with Crippen LogP contribution in [0.3, 0.4) is 0 Å². The number of rotatable bonds is 4. The Morgan fingerprint density at radius 2 is 2.09 bits per heavy atom. The maximum atomic E-state index is 12.9. The van der Waals surface area contributed by atoms with E-state index in [2.05, 4.69) is 25.7 Å². The molecule has 23 heavy (non-hydrogen) atoms. The molecule has 3 rings (SSSR count). The van der Waals surface area contributed by atoms with Crippen LogP contribution in [0.25, 0.3) is 5.69 Å². The van der Waals surface area contributed by atoms with Crippen molar-refractivity contribution >= 4 is 5.91 Å². The summed E-state index contributed by atoms with van der Waals surface area (Å²) in [4.78, 5) is 17.5. The first-order valence-electron chi connectivity index (χ1n) is 6.82. The smallest absolute Gasteiger partial charge is 0.274 e. The molecule has 0 bridgehead atoms. The summed E-state index contributed by atoms with van der Waals surface area (Å²) in [6, 6.07) is 5.15. The number of nitrogens with one attached hydrogen (secondary N) is 1. The highest BCUT2D eigenvalue weighted by Gasteiger charge is 2.18. The largest absolute Gasteiger partial charge is 0.339 e. The predicted molar refractivity (Wildman–Crippen MR) is 76.2 cm³/mol. The summed E-state index contributed by atoms with van der Waals surface area (Å²) in [6.07, 6.45) is 1.32. The minimum absolute atomic E-state index is 0.123. The number of aryl methyl sites for hydroxylation is 1. The number of halogens is 1. The zero-order valence-corrected chi connectivity index (χ0v) is 12.4. The Kier molecular flexibility index (Phi) is 3.83. The van der Waals surface area contributed by atoms with Gasteiger partial charge < -0.3 is 9.84 Å². The van der Waals surface area contributed by atoms with Crippen LogP contribution < -0.4 is 5.32 Å². The second kappa shape index (κ2) is 5.95. The average molecular weight is 316 g/mol. The molecule has 2 heterocycles. The number of hydrogen-bond donors (Lipinski definition) is 1. The summed E-state index contributed by atoms with van der Waals surface area (Å²) in [5.74, 6) is 0.00870. The van der Waals surface area contributed by atoms with Crippen molar-refractivity contribution in [2.24, 2.45) is 0 Å². The lowest BCUT2D eigenvalue weighted by Crippen LogP contribution is -2.27. The molecule has 1 N–H and O–H groups in total. The summed E-state index contributed by atoms with van der Waals surface area (Å²) < 4.78 is 17.9. The van der Waals surface area contributed by atoms with Crippen molar-refractivity contribution in [2.45, 2.75) is 19.9 Å². The van der Waals surface area contributed by atoms with Crippen molar-refractivity contribution in [3.63, 3.8) is 0 Å². The third-order valence-corrected chi connectivity index (χ3v) is 3.04. The molecule has 118 valence electrons. The molecule has 0 fully saturated rings. The van der Waals surface area contributed by atoms with Gasteiger partial charge in [0, 0.05) is 0 Å². The highest BCUT2D eigenvalue weighted by molar-refractivity contribution is 5.92. The van der Waals surface area contributed by atoms with Crippen LogP contribution in [-0.4, -0.2) is 31.0 Å². The number of hydrogen-bond acceptors (Lipinski definition) is 6. The van der Waals surface area contributed by atoms with Gasteiger partial charge in [0.15, 0.2) is 11.5 Å². The molecule has 1 aromatic carbocycles. The van der Waals surface area contributed by atoms with Crippen molar-refractivity contribution in [3.8, 4) is 5.69 Å². The highest BCUT2D eigenvalue weighted by atomic mass is 19.1. The van der Waals surface area contributed by atoms with Crippen molar-refractivity contribution in [2.75, 3.05) is 0 Å². The molecular formula is C14H13FN6O2. The number of amides is 1. The minimum atomic E-state index is -0.459. The van der Waals surface area contributed by atoms with E-state index in [1.165, 1.54) is 35.3 Å². The Labute approximate surface area is 130 Å². The van der Waals surface area contributed by atoms with Crippen LogP contribution in [0.15, 0.2) is 35.0 Å². The van der Waals surface area contributed by atoms with Crippen LogP contribution in [0, 0.1) is 12.7 Å². The predicted octanol–water partition coefficient (Wildman–Crippen LogP) is 1.59. The van der Waals surface area contributed by atoms with Crippen LogP contribution in [0.2, 0.25) is 0 Å². The molecule has 0 aliphatic rings. The Bertz CT molecular complexity index is 826. The van der Waals surface area contributed by atoms with Gasteiger partial charge in [0.25, 0.3) is 5.91 Å². The first-order valence-corrected chi connectivity index (χ1v) is 6.82. The fraction of sp³-hybridized carbons (Fsp3) is 0.214. The number of carbonyl (C=O) groups is 1. The van der Waals surface area contributed by atoms with Gasteiger partial charge in [0.05, 0.1) is 11.9 Å². The van der Waals surface area contributed by atoms with Gasteiger partial charge in [0.1, 0.15) is 11.9 Å². The Morgan fingerprint density at radius 1 is 1.35 bits per heavy atom. The summed E-state index contributed by atoms with van der Waals surface area (Å²) in [7, 11) is 0. The summed E-state index contributed by atoms with van der Waals surface area (Å²) in [5.41, 5.74) is 0.670. The quantitative estimate of drug-likeness (QED) is 0.784. The molecule has 9 heteroatoms. The van der Waals surface area contributed by atoms with Gasteiger partial charge in [-0.25, -0.2) is 4.39 Å². The van der Waals surface area contributed by atoms with Crippen LogP contribution in [0.4, 0.5) is 4.39 Å².